The van der Waals surface area contributed by atoms with Crippen LogP contribution in [-0.2, 0) is 6.54 Å². The monoisotopic (exact) mass is 351 g/mol. The van der Waals surface area contributed by atoms with Gasteiger partial charge in [0.25, 0.3) is 0 Å². The molecule has 0 aliphatic carbocycles. The van der Waals surface area contributed by atoms with E-state index >= 15 is 0 Å². The molecule has 1 aromatic heterocycles. The van der Waals surface area contributed by atoms with Gasteiger partial charge < -0.3 is 15.0 Å². The van der Waals surface area contributed by atoms with Crippen LogP contribution in [0, 0.1) is 13.8 Å². The number of piperazine rings is 1. The molecule has 0 bridgehead atoms. The first-order valence-corrected chi connectivity index (χ1v) is 7.27. The van der Waals surface area contributed by atoms with Gasteiger partial charge in [-0.05, 0) is 26.3 Å². The van der Waals surface area contributed by atoms with Crippen molar-refractivity contribution in [3.8, 4) is 0 Å². The van der Waals surface area contributed by atoms with E-state index in [9.17, 15) is 9.90 Å². The topological polar surface area (TPSA) is 57.5 Å². The van der Waals surface area contributed by atoms with Gasteiger partial charge in [-0.3, -0.25) is 9.69 Å². The number of hydrogen-bond acceptors (Lipinski definition) is 4. The van der Waals surface area contributed by atoms with Gasteiger partial charge in [-0.15, -0.1) is 24.8 Å². The number of β-amino-alcohol motifs (C(OH)–C–C–N with tert-alkyl or cyclic N) is 1. The lowest BCUT2D eigenvalue weighted by Gasteiger charge is -2.29. The maximum Gasteiger partial charge on any atom is 0.161 e. The second kappa shape index (κ2) is 9.53. The summed E-state index contributed by atoms with van der Waals surface area (Å²) < 4.78 is 2.00. The number of halogens is 2. The van der Waals surface area contributed by atoms with Gasteiger partial charge in [0.05, 0.1) is 6.10 Å². The smallest absolute Gasteiger partial charge is 0.161 e. The highest BCUT2D eigenvalue weighted by Crippen LogP contribution is 2.17. The number of hydrogen-bond donors (Lipinski definition) is 2. The standard InChI is InChI=1S/C15H25N3O2.2ClH/c1-11-8-18(12(2)15(11)13(3)19)10-14(20)9-17-6-4-16-5-7-17;;/h8,14,16,20H,4-7,9-10H2,1-3H3;2*1H. The number of carbonyl (C=O) groups is 1. The molecule has 2 heterocycles. The van der Waals surface area contributed by atoms with E-state index in [4.69, 9.17) is 0 Å². The molecule has 1 aliphatic heterocycles. The molecule has 1 unspecified atom stereocenters. The number of rotatable bonds is 5. The van der Waals surface area contributed by atoms with Crippen LogP contribution in [0.2, 0.25) is 0 Å². The summed E-state index contributed by atoms with van der Waals surface area (Å²) >= 11 is 0. The van der Waals surface area contributed by atoms with Crippen LogP contribution in [0.3, 0.4) is 0 Å². The molecule has 0 aromatic carbocycles. The van der Waals surface area contributed by atoms with Crippen molar-refractivity contribution in [1.82, 2.24) is 14.8 Å². The van der Waals surface area contributed by atoms with Crippen molar-refractivity contribution in [3.05, 3.63) is 23.0 Å². The first kappa shape index (κ1) is 21.4. The lowest BCUT2D eigenvalue weighted by Crippen LogP contribution is -2.46. The fourth-order valence-corrected chi connectivity index (χ4v) is 3.02. The SMILES string of the molecule is CC(=O)c1c(C)cn(CC(O)CN2CCNCC2)c1C.Cl.Cl. The predicted molar refractivity (Wildman–Crippen MR) is 93.7 cm³/mol. The molecule has 2 rings (SSSR count). The van der Waals surface area contributed by atoms with Crippen LogP contribution in [0.4, 0.5) is 0 Å². The molecule has 0 amide bonds. The Morgan fingerprint density at radius 1 is 1.27 bits per heavy atom. The third-order valence-corrected chi connectivity index (χ3v) is 3.97. The van der Waals surface area contributed by atoms with Gasteiger partial charge >= 0.3 is 0 Å². The van der Waals surface area contributed by atoms with E-state index < -0.39 is 6.10 Å². The molecule has 0 radical (unpaired) electrons. The van der Waals surface area contributed by atoms with Crippen molar-refractivity contribution < 1.29 is 9.90 Å². The van der Waals surface area contributed by atoms with Crippen LogP contribution in [0.15, 0.2) is 6.20 Å². The van der Waals surface area contributed by atoms with E-state index in [1.165, 1.54) is 0 Å². The molecule has 1 aromatic rings. The summed E-state index contributed by atoms with van der Waals surface area (Å²) in [5.74, 6) is 0.0929. The number of Topliss-reactive ketones (excluding diaryl/α,β-unsaturated/α-hetero) is 1. The predicted octanol–water partition coefficient (Wildman–Crippen LogP) is 1.42. The van der Waals surface area contributed by atoms with Gasteiger partial charge in [0.1, 0.15) is 0 Å². The molecule has 0 saturated carbocycles. The Morgan fingerprint density at radius 2 is 1.86 bits per heavy atom. The number of aliphatic hydroxyl groups excluding tert-OH is 1. The highest BCUT2D eigenvalue weighted by atomic mass is 35.5. The molecular formula is C15H27Cl2N3O2. The Bertz CT molecular complexity index is 485. The zero-order valence-corrected chi connectivity index (χ0v) is 15.1. The Labute approximate surface area is 144 Å². The fourth-order valence-electron chi connectivity index (χ4n) is 3.02. The number of aromatic nitrogens is 1. The Morgan fingerprint density at radius 3 is 2.36 bits per heavy atom. The van der Waals surface area contributed by atoms with Gasteiger partial charge in [-0.1, -0.05) is 0 Å². The second-order valence-electron chi connectivity index (χ2n) is 5.69. The van der Waals surface area contributed by atoms with E-state index in [-0.39, 0.29) is 30.6 Å². The highest BCUT2D eigenvalue weighted by Gasteiger charge is 2.18. The molecular weight excluding hydrogens is 325 g/mol. The van der Waals surface area contributed by atoms with Crippen LogP contribution < -0.4 is 5.32 Å². The number of aryl methyl sites for hydroxylation is 1. The summed E-state index contributed by atoms with van der Waals surface area (Å²) in [7, 11) is 0. The third-order valence-electron chi connectivity index (χ3n) is 3.97. The molecule has 5 nitrogen and oxygen atoms in total. The number of nitrogens with one attached hydrogen (secondary N) is 1. The van der Waals surface area contributed by atoms with E-state index in [1.54, 1.807) is 6.92 Å². The summed E-state index contributed by atoms with van der Waals surface area (Å²) in [5.41, 5.74) is 2.73. The first-order valence-electron chi connectivity index (χ1n) is 7.27. The maximum atomic E-state index is 11.6. The van der Waals surface area contributed by atoms with Gasteiger partial charge in [-0.2, -0.15) is 0 Å². The summed E-state index contributed by atoms with van der Waals surface area (Å²) in [6.45, 7) is 10.7. The molecule has 1 fully saturated rings. The maximum absolute atomic E-state index is 11.6. The van der Waals surface area contributed by atoms with E-state index in [1.807, 2.05) is 24.6 Å². The number of nitrogens with zero attached hydrogens (tertiary/aromatic N) is 2. The number of aliphatic hydroxyl groups is 1. The lowest BCUT2D eigenvalue weighted by molar-refractivity contribution is 0.0911. The van der Waals surface area contributed by atoms with Crippen LogP contribution in [-0.4, -0.2) is 59.2 Å². The van der Waals surface area contributed by atoms with Crippen LogP contribution in [0.1, 0.15) is 28.5 Å². The minimum absolute atomic E-state index is 0. The van der Waals surface area contributed by atoms with Gasteiger partial charge in [0, 0.05) is 56.7 Å². The Hall–Kier alpha value is -0.590. The van der Waals surface area contributed by atoms with Crippen molar-refractivity contribution in [1.29, 1.82) is 0 Å². The summed E-state index contributed by atoms with van der Waals surface area (Å²) in [4.78, 5) is 13.9. The lowest BCUT2D eigenvalue weighted by atomic mass is 10.1. The molecule has 1 aliphatic rings. The summed E-state index contributed by atoms with van der Waals surface area (Å²) in [6.07, 6.45) is 1.56. The highest BCUT2D eigenvalue weighted by molar-refractivity contribution is 5.96. The van der Waals surface area contributed by atoms with Crippen molar-refractivity contribution in [2.24, 2.45) is 0 Å². The summed E-state index contributed by atoms with van der Waals surface area (Å²) in [6, 6.07) is 0. The molecule has 128 valence electrons. The zero-order valence-electron chi connectivity index (χ0n) is 13.5. The quantitative estimate of drug-likeness (QED) is 0.787. The van der Waals surface area contributed by atoms with E-state index in [0.717, 1.165) is 43.0 Å². The first-order chi connectivity index (χ1) is 9.49. The average molecular weight is 352 g/mol. The fraction of sp³-hybridized carbons (Fsp3) is 0.667. The van der Waals surface area contributed by atoms with Gasteiger partial charge in [-0.25, -0.2) is 0 Å². The average Bonchev–Trinajstić information content (AvgIpc) is 2.65. The summed E-state index contributed by atoms with van der Waals surface area (Å²) in [5, 5.41) is 13.6. The minimum atomic E-state index is -0.404. The normalized spacial score (nSPS) is 16.5. The molecule has 1 saturated heterocycles. The van der Waals surface area contributed by atoms with Gasteiger partial charge in [0.2, 0.25) is 0 Å². The van der Waals surface area contributed by atoms with Crippen molar-refractivity contribution >= 4 is 30.6 Å². The molecule has 2 N–H and O–H groups in total. The van der Waals surface area contributed by atoms with Crippen LogP contribution >= 0.6 is 24.8 Å². The Kier molecular flexibility index (Phi) is 9.27. The second-order valence-corrected chi connectivity index (χ2v) is 5.69. The molecule has 22 heavy (non-hydrogen) atoms. The largest absolute Gasteiger partial charge is 0.390 e. The number of carbonyl (C=O) groups excluding carboxylic acids is 1. The molecule has 0 spiro atoms. The molecule has 7 heteroatoms. The van der Waals surface area contributed by atoms with Gasteiger partial charge in [0.15, 0.2) is 5.78 Å². The van der Waals surface area contributed by atoms with E-state index in [0.29, 0.717) is 13.1 Å². The molecule has 1 atom stereocenters. The minimum Gasteiger partial charge on any atom is -0.390 e. The Balaban J connectivity index is 0.00000220. The number of ketones is 1. The van der Waals surface area contributed by atoms with Crippen LogP contribution in [0.25, 0.3) is 0 Å². The van der Waals surface area contributed by atoms with Crippen molar-refractivity contribution in [2.45, 2.75) is 33.4 Å². The zero-order chi connectivity index (χ0) is 14.7. The third kappa shape index (κ3) is 5.25. The van der Waals surface area contributed by atoms with Crippen molar-refractivity contribution in [2.75, 3.05) is 32.7 Å². The van der Waals surface area contributed by atoms with E-state index in [2.05, 4.69) is 10.2 Å². The van der Waals surface area contributed by atoms with Crippen molar-refractivity contribution in [3.63, 3.8) is 0 Å². The van der Waals surface area contributed by atoms with Crippen LogP contribution in [0.5, 0.6) is 0 Å².